The van der Waals surface area contributed by atoms with Crippen LogP contribution >= 0.6 is 0 Å². The highest BCUT2D eigenvalue weighted by Gasteiger charge is 1.92. The number of hydrogen-bond donors (Lipinski definition) is 0. The molecule has 0 aromatic rings. The lowest BCUT2D eigenvalue weighted by Crippen LogP contribution is -1.80. The van der Waals surface area contributed by atoms with Crippen molar-refractivity contribution in [2.75, 3.05) is 0 Å². The minimum absolute atomic E-state index is 1.01. The molecule has 0 aliphatic rings. The van der Waals surface area contributed by atoms with E-state index in [0.29, 0.717) is 0 Å². The van der Waals surface area contributed by atoms with Crippen molar-refractivity contribution in [2.45, 2.75) is 27.2 Å². The second-order valence-corrected chi connectivity index (χ2v) is 3.56. The molecule has 0 saturated carbocycles. The van der Waals surface area contributed by atoms with Crippen molar-refractivity contribution in [3.05, 3.63) is 72.4 Å². The van der Waals surface area contributed by atoms with Crippen LogP contribution in [0.1, 0.15) is 27.2 Å². The summed E-state index contributed by atoms with van der Waals surface area (Å²) >= 11 is 0. The van der Waals surface area contributed by atoms with Crippen molar-refractivity contribution < 1.29 is 0 Å². The fourth-order valence-corrected chi connectivity index (χ4v) is 1.19. The van der Waals surface area contributed by atoms with Crippen LogP contribution in [-0.4, -0.2) is 0 Å². The Morgan fingerprint density at radius 2 is 1.81 bits per heavy atom. The summed E-state index contributed by atoms with van der Waals surface area (Å²) in [4.78, 5) is 0. The van der Waals surface area contributed by atoms with Crippen LogP contribution in [0.3, 0.4) is 0 Å². The number of rotatable bonds is 6. The second kappa shape index (κ2) is 8.72. The normalized spacial score (nSPS) is 14.3. The lowest BCUT2D eigenvalue weighted by Gasteiger charge is -2.00. The molecule has 0 radical (unpaired) electrons. The van der Waals surface area contributed by atoms with E-state index in [1.54, 1.807) is 0 Å². The molecule has 0 unspecified atom stereocenters. The van der Waals surface area contributed by atoms with Gasteiger partial charge in [0.25, 0.3) is 0 Å². The molecule has 0 aromatic heterocycles. The maximum absolute atomic E-state index is 3.81. The van der Waals surface area contributed by atoms with Crippen molar-refractivity contribution >= 4 is 0 Å². The van der Waals surface area contributed by atoms with Crippen LogP contribution in [0.15, 0.2) is 72.4 Å². The first-order chi connectivity index (χ1) is 7.67. The molecule has 16 heavy (non-hydrogen) atoms. The maximum atomic E-state index is 3.81. The van der Waals surface area contributed by atoms with Crippen molar-refractivity contribution in [1.29, 1.82) is 0 Å². The van der Waals surface area contributed by atoms with Gasteiger partial charge in [-0.25, -0.2) is 0 Å². The molecule has 0 amide bonds. The minimum atomic E-state index is 1.01. The molecular formula is C16H22. The Hall–Kier alpha value is -1.56. The molecule has 0 saturated heterocycles. The van der Waals surface area contributed by atoms with Gasteiger partial charge in [0.1, 0.15) is 0 Å². The van der Waals surface area contributed by atoms with E-state index in [4.69, 9.17) is 0 Å². The van der Waals surface area contributed by atoms with Crippen molar-refractivity contribution in [3.8, 4) is 0 Å². The summed E-state index contributed by atoms with van der Waals surface area (Å²) < 4.78 is 0. The van der Waals surface area contributed by atoms with Crippen LogP contribution in [0, 0.1) is 0 Å². The Bertz CT molecular complexity index is 346. The van der Waals surface area contributed by atoms with Gasteiger partial charge in [-0.05, 0) is 31.4 Å². The fourth-order valence-electron chi connectivity index (χ4n) is 1.19. The summed E-state index contributed by atoms with van der Waals surface area (Å²) in [6, 6.07) is 0. The zero-order chi connectivity index (χ0) is 12.4. The third-order valence-electron chi connectivity index (χ3n) is 2.21. The molecule has 0 aliphatic heterocycles. The van der Waals surface area contributed by atoms with Crippen molar-refractivity contribution in [1.82, 2.24) is 0 Å². The molecule has 0 aliphatic carbocycles. The lowest BCUT2D eigenvalue weighted by atomic mass is 10.1. The zero-order valence-electron chi connectivity index (χ0n) is 10.7. The molecule has 0 heteroatoms. The predicted octanol–water partition coefficient (Wildman–Crippen LogP) is 5.14. The van der Waals surface area contributed by atoms with E-state index in [2.05, 4.69) is 45.2 Å². The van der Waals surface area contributed by atoms with Gasteiger partial charge >= 0.3 is 0 Å². The molecule has 0 heterocycles. The number of hydrogen-bond acceptors (Lipinski definition) is 0. The molecular weight excluding hydrogens is 192 g/mol. The van der Waals surface area contributed by atoms with E-state index in [9.17, 15) is 0 Å². The Kier molecular flexibility index (Phi) is 7.87. The SMILES string of the molecule is C=C\C(C)=C/C(=C/C(C=C)=C/C=C/C)CC. The molecule has 0 fully saturated rings. The van der Waals surface area contributed by atoms with Crippen LogP contribution in [-0.2, 0) is 0 Å². The average Bonchev–Trinajstić information content (AvgIpc) is 2.32. The first-order valence-corrected chi connectivity index (χ1v) is 5.64. The zero-order valence-corrected chi connectivity index (χ0v) is 10.7. The van der Waals surface area contributed by atoms with Gasteiger partial charge in [0.15, 0.2) is 0 Å². The Balaban J connectivity index is 5.06. The molecule has 0 bridgehead atoms. The molecule has 0 aromatic carbocycles. The molecule has 0 atom stereocenters. The third kappa shape index (κ3) is 6.02. The highest BCUT2D eigenvalue weighted by atomic mass is 14.0. The first kappa shape index (κ1) is 14.4. The molecule has 86 valence electrons. The monoisotopic (exact) mass is 214 g/mol. The summed E-state index contributed by atoms with van der Waals surface area (Å²) in [5, 5.41) is 0. The second-order valence-electron chi connectivity index (χ2n) is 3.56. The van der Waals surface area contributed by atoms with Gasteiger partial charge in [-0.3, -0.25) is 0 Å². The maximum Gasteiger partial charge on any atom is -0.0260 e. The van der Waals surface area contributed by atoms with Gasteiger partial charge in [-0.2, -0.15) is 0 Å². The molecule has 0 rings (SSSR count). The van der Waals surface area contributed by atoms with E-state index in [0.717, 1.165) is 12.0 Å². The van der Waals surface area contributed by atoms with Gasteiger partial charge in [0.2, 0.25) is 0 Å². The standard InChI is InChI=1S/C16H22/c1-6-10-11-15(8-3)13-16(9-4)12-14(5)7-2/h6-8,10-13H,2-3,9H2,1,4-5H3/b10-6+,14-12-,15-11+,16-13+. The van der Waals surface area contributed by atoms with E-state index in [1.165, 1.54) is 11.1 Å². The minimum Gasteiger partial charge on any atom is -0.0988 e. The Morgan fingerprint density at radius 1 is 1.12 bits per heavy atom. The lowest BCUT2D eigenvalue weighted by molar-refractivity contribution is 1.14. The predicted molar refractivity (Wildman–Crippen MR) is 75.4 cm³/mol. The molecule has 0 N–H and O–H groups in total. The number of allylic oxidation sites excluding steroid dienone is 10. The smallest absolute Gasteiger partial charge is 0.0260 e. The summed E-state index contributed by atoms with van der Waals surface area (Å²) in [5.41, 5.74) is 3.60. The highest BCUT2D eigenvalue weighted by Crippen LogP contribution is 2.12. The topological polar surface area (TPSA) is 0 Å². The summed E-state index contributed by atoms with van der Waals surface area (Å²) in [6.45, 7) is 13.8. The Morgan fingerprint density at radius 3 is 2.25 bits per heavy atom. The van der Waals surface area contributed by atoms with Crippen LogP contribution in [0.25, 0.3) is 0 Å². The van der Waals surface area contributed by atoms with Crippen LogP contribution < -0.4 is 0 Å². The highest BCUT2D eigenvalue weighted by molar-refractivity contribution is 5.40. The van der Waals surface area contributed by atoms with Gasteiger partial charge in [-0.15, -0.1) is 0 Å². The van der Waals surface area contributed by atoms with E-state index >= 15 is 0 Å². The van der Waals surface area contributed by atoms with Crippen LogP contribution in [0.2, 0.25) is 0 Å². The fraction of sp³-hybridized carbons (Fsp3) is 0.250. The average molecular weight is 214 g/mol. The molecule has 0 nitrogen and oxygen atoms in total. The van der Waals surface area contributed by atoms with Crippen LogP contribution in [0.4, 0.5) is 0 Å². The summed E-state index contributed by atoms with van der Waals surface area (Å²) in [7, 11) is 0. The van der Waals surface area contributed by atoms with Crippen molar-refractivity contribution in [2.24, 2.45) is 0 Å². The van der Waals surface area contributed by atoms with Gasteiger partial charge < -0.3 is 0 Å². The van der Waals surface area contributed by atoms with E-state index in [1.807, 2.05) is 31.2 Å². The Labute approximate surface area is 100 Å². The quantitative estimate of drug-likeness (QED) is 0.537. The van der Waals surface area contributed by atoms with Gasteiger partial charge in [0.05, 0.1) is 0 Å². The summed E-state index contributed by atoms with van der Waals surface area (Å²) in [5.74, 6) is 0. The van der Waals surface area contributed by atoms with Crippen molar-refractivity contribution in [3.63, 3.8) is 0 Å². The van der Waals surface area contributed by atoms with Gasteiger partial charge in [0, 0.05) is 0 Å². The van der Waals surface area contributed by atoms with E-state index < -0.39 is 0 Å². The largest absolute Gasteiger partial charge is 0.0988 e. The summed E-state index contributed by atoms with van der Waals surface area (Å²) in [6.07, 6.45) is 15.1. The first-order valence-electron chi connectivity index (χ1n) is 5.64. The third-order valence-corrected chi connectivity index (χ3v) is 2.21. The van der Waals surface area contributed by atoms with Gasteiger partial charge in [-0.1, -0.05) is 68.2 Å². The van der Waals surface area contributed by atoms with E-state index in [-0.39, 0.29) is 0 Å². The van der Waals surface area contributed by atoms with Crippen LogP contribution in [0.5, 0.6) is 0 Å². The molecule has 0 spiro atoms.